The fourth-order valence-corrected chi connectivity index (χ4v) is 1.69. The number of hydrogen-bond acceptors (Lipinski definition) is 4. The van der Waals surface area contributed by atoms with Crippen molar-refractivity contribution in [1.82, 2.24) is 15.0 Å². The molecule has 6 heteroatoms. The maximum atomic E-state index is 5.68. The lowest BCUT2D eigenvalue weighted by Gasteiger charge is -2.06. The quantitative estimate of drug-likeness (QED) is 0.853. The van der Waals surface area contributed by atoms with Crippen molar-refractivity contribution in [2.75, 3.05) is 0 Å². The number of hydrogen-bond donors (Lipinski definition) is 0. The van der Waals surface area contributed by atoms with Gasteiger partial charge >= 0.3 is 6.01 Å². The number of aromatic nitrogens is 3. The third-order valence-electron chi connectivity index (χ3n) is 2.03. The highest BCUT2D eigenvalue weighted by atomic mass is 35.5. The fraction of sp³-hybridized carbons (Fsp3) is 0.0833. The van der Waals surface area contributed by atoms with Gasteiger partial charge in [-0.05, 0) is 36.2 Å². The van der Waals surface area contributed by atoms with E-state index in [0.29, 0.717) is 5.75 Å². The largest absolute Gasteiger partial charge is 0.424 e. The fourth-order valence-electron chi connectivity index (χ4n) is 1.34. The Bertz CT molecular complexity index is 567. The maximum Gasteiger partial charge on any atom is 0.327 e. The molecule has 0 saturated carbocycles. The molecule has 0 saturated heterocycles. The second-order valence-corrected chi connectivity index (χ2v) is 3.97. The van der Waals surface area contributed by atoms with Crippen LogP contribution in [0.3, 0.4) is 0 Å². The molecule has 1 aromatic heterocycles. The van der Waals surface area contributed by atoms with E-state index in [1.54, 1.807) is 6.07 Å². The Morgan fingerprint density at radius 3 is 2.39 bits per heavy atom. The smallest absolute Gasteiger partial charge is 0.327 e. The Morgan fingerprint density at radius 2 is 1.72 bits per heavy atom. The zero-order valence-corrected chi connectivity index (χ0v) is 11.0. The zero-order chi connectivity index (χ0) is 13.0. The molecule has 0 amide bonds. The van der Waals surface area contributed by atoms with Crippen molar-refractivity contribution in [3.63, 3.8) is 0 Å². The summed E-state index contributed by atoms with van der Waals surface area (Å²) in [7, 11) is 0. The van der Waals surface area contributed by atoms with Gasteiger partial charge in [-0.3, -0.25) is 0 Å². The SMILES string of the molecule is CC=Cc1ccccc1Oc1nc(Cl)nc(Cl)n1. The number of nitrogens with zero attached hydrogens (tertiary/aromatic N) is 3. The Kier molecular flexibility index (Phi) is 4.12. The molecule has 0 aliphatic carbocycles. The van der Waals surface area contributed by atoms with Crippen molar-refractivity contribution in [1.29, 1.82) is 0 Å². The van der Waals surface area contributed by atoms with Crippen molar-refractivity contribution < 1.29 is 4.74 Å². The molecule has 0 aliphatic heterocycles. The Morgan fingerprint density at radius 1 is 1.06 bits per heavy atom. The topological polar surface area (TPSA) is 47.9 Å². The van der Waals surface area contributed by atoms with Gasteiger partial charge in [-0.1, -0.05) is 30.4 Å². The summed E-state index contributed by atoms with van der Waals surface area (Å²) in [5.74, 6) is 0.619. The lowest BCUT2D eigenvalue weighted by molar-refractivity contribution is 0.438. The van der Waals surface area contributed by atoms with Crippen molar-refractivity contribution in [3.05, 3.63) is 46.5 Å². The van der Waals surface area contributed by atoms with E-state index in [-0.39, 0.29) is 16.6 Å². The van der Waals surface area contributed by atoms with Crippen LogP contribution in [0.4, 0.5) is 0 Å². The van der Waals surface area contributed by atoms with Crippen LogP contribution in [0.15, 0.2) is 30.3 Å². The molecule has 2 rings (SSSR count). The highest BCUT2D eigenvalue weighted by Gasteiger charge is 2.07. The molecular weight excluding hydrogens is 273 g/mol. The lowest BCUT2D eigenvalue weighted by Crippen LogP contribution is -1.96. The van der Waals surface area contributed by atoms with E-state index >= 15 is 0 Å². The summed E-state index contributed by atoms with van der Waals surface area (Å²) in [5, 5.41) is -0.0120. The molecule has 1 aromatic carbocycles. The van der Waals surface area contributed by atoms with Gasteiger partial charge < -0.3 is 4.74 Å². The standard InChI is InChI=1S/C12H9Cl2N3O/c1-2-5-8-6-3-4-7-9(8)18-12-16-10(13)15-11(14)17-12/h2-7H,1H3. The van der Waals surface area contributed by atoms with Gasteiger partial charge in [0.2, 0.25) is 10.6 Å². The van der Waals surface area contributed by atoms with Gasteiger partial charge in [0, 0.05) is 5.56 Å². The van der Waals surface area contributed by atoms with Crippen LogP contribution in [0, 0.1) is 0 Å². The minimum Gasteiger partial charge on any atom is -0.424 e. The molecule has 4 nitrogen and oxygen atoms in total. The van der Waals surface area contributed by atoms with Gasteiger partial charge in [0.25, 0.3) is 0 Å². The van der Waals surface area contributed by atoms with Crippen LogP contribution in [-0.2, 0) is 0 Å². The Hall–Kier alpha value is -1.65. The van der Waals surface area contributed by atoms with Crippen LogP contribution in [-0.4, -0.2) is 15.0 Å². The summed E-state index contributed by atoms with van der Waals surface area (Å²) in [4.78, 5) is 11.3. The second-order valence-electron chi connectivity index (χ2n) is 3.30. The van der Waals surface area contributed by atoms with Crippen LogP contribution in [0.2, 0.25) is 10.6 Å². The molecule has 0 fully saturated rings. The van der Waals surface area contributed by atoms with Crippen molar-refractivity contribution in [2.45, 2.75) is 6.92 Å². The first-order valence-electron chi connectivity index (χ1n) is 5.15. The van der Waals surface area contributed by atoms with E-state index in [1.165, 1.54) is 0 Å². The monoisotopic (exact) mass is 281 g/mol. The second kappa shape index (κ2) is 5.80. The van der Waals surface area contributed by atoms with Crippen molar-refractivity contribution in [2.24, 2.45) is 0 Å². The normalized spacial score (nSPS) is 10.8. The summed E-state index contributed by atoms with van der Waals surface area (Å²) in [6.07, 6.45) is 3.83. The van der Waals surface area contributed by atoms with E-state index in [4.69, 9.17) is 27.9 Å². The van der Waals surface area contributed by atoms with E-state index in [2.05, 4.69) is 15.0 Å². The maximum absolute atomic E-state index is 5.68. The zero-order valence-electron chi connectivity index (χ0n) is 9.47. The van der Waals surface area contributed by atoms with E-state index in [9.17, 15) is 0 Å². The first-order valence-corrected chi connectivity index (χ1v) is 5.91. The molecule has 0 aliphatic rings. The highest BCUT2D eigenvalue weighted by molar-refractivity contribution is 6.31. The number of halogens is 2. The van der Waals surface area contributed by atoms with Gasteiger partial charge in [0.15, 0.2) is 0 Å². The predicted molar refractivity (Wildman–Crippen MR) is 71.1 cm³/mol. The molecule has 0 N–H and O–H groups in total. The van der Waals surface area contributed by atoms with Gasteiger partial charge in [0.05, 0.1) is 0 Å². The minimum atomic E-state index is -0.00600. The highest BCUT2D eigenvalue weighted by Crippen LogP contribution is 2.24. The van der Waals surface area contributed by atoms with E-state index in [1.807, 2.05) is 37.3 Å². The van der Waals surface area contributed by atoms with Gasteiger partial charge in [-0.25, -0.2) is 0 Å². The molecule has 0 radical (unpaired) electrons. The summed E-state index contributed by atoms with van der Waals surface area (Å²) in [6, 6.07) is 7.56. The van der Waals surface area contributed by atoms with Gasteiger partial charge in [-0.15, -0.1) is 0 Å². The van der Waals surface area contributed by atoms with Gasteiger partial charge in [-0.2, -0.15) is 15.0 Å². The van der Waals surface area contributed by atoms with Gasteiger partial charge in [0.1, 0.15) is 5.75 Å². The van der Waals surface area contributed by atoms with Crippen LogP contribution in [0.5, 0.6) is 11.8 Å². The number of para-hydroxylation sites is 1. The average molecular weight is 282 g/mol. The number of rotatable bonds is 3. The molecule has 0 unspecified atom stereocenters. The molecule has 1 heterocycles. The summed E-state index contributed by atoms with van der Waals surface area (Å²) in [5.41, 5.74) is 0.910. The Balaban J connectivity index is 2.33. The van der Waals surface area contributed by atoms with Crippen molar-refractivity contribution in [3.8, 4) is 11.8 Å². The first kappa shape index (κ1) is 12.8. The van der Waals surface area contributed by atoms with E-state index < -0.39 is 0 Å². The lowest BCUT2D eigenvalue weighted by atomic mass is 10.2. The third-order valence-corrected chi connectivity index (χ3v) is 2.36. The molecule has 2 aromatic rings. The molecular formula is C12H9Cl2N3O. The molecule has 0 spiro atoms. The average Bonchev–Trinajstić information content (AvgIpc) is 2.30. The number of ether oxygens (including phenoxy) is 1. The van der Waals surface area contributed by atoms with Crippen LogP contribution >= 0.6 is 23.2 Å². The first-order chi connectivity index (χ1) is 8.69. The molecule has 92 valence electrons. The minimum absolute atomic E-state index is 0.00600. The molecule has 0 bridgehead atoms. The Labute approximate surface area is 114 Å². The molecule has 0 atom stereocenters. The summed E-state index contributed by atoms with van der Waals surface area (Å²) >= 11 is 11.4. The summed E-state index contributed by atoms with van der Waals surface area (Å²) < 4.78 is 5.54. The van der Waals surface area contributed by atoms with Crippen LogP contribution in [0.25, 0.3) is 6.08 Å². The van der Waals surface area contributed by atoms with E-state index in [0.717, 1.165) is 5.56 Å². The van der Waals surface area contributed by atoms with Crippen LogP contribution < -0.4 is 4.74 Å². The number of allylic oxidation sites excluding steroid dienone is 1. The third kappa shape index (κ3) is 3.18. The summed E-state index contributed by atoms with van der Waals surface area (Å²) in [6.45, 7) is 1.92. The van der Waals surface area contributed by atoms with Crippen molar-refractivity contribution >= 4 is 29.3 Å². The van der Waals surface area contributed by atoms with Crippen LogP contribution in [0.1, 0.15) is 12.5 Å². The predicted octanol–water partition coefficient (Wildman–Crippen LogP) is 4.00. The molecule has 18 heavy (non-hydrogen) atoms. The number of benzene rings is 1.